The third kappa shape index (κ3) is 5.52. The Bertz CT molecular complexity index is 1160. The van der Waals surface area contributed by atoms with E-state index in [0.717, 1.165) is 42.9 Å². The van der Waals surface area contributed by atoms with Crippen LogP contribution in [0.4, 0.5) is 8.78 Å². The van der Waals surface area contributed by atoms with Crippen molar-refractivity contribution in [3.63, 3.8) is 0 Å². The van der Waals surface area contributed by atoms with Gasteiger partial charge >= 0.3 is 0 Å². The fraction of sp³-hybridized carbons (Fsp3) is 0.308. The molecule has 34 heavy (non-hydrogen) atoms. The molecular weight excluding hydrogens is 456 g/mol. The number of nitrogens with zero attached hydrogens (tertiary/aromatic N) is 3. The van der Waals surface area contributed by atoms with Crippen LogP contribution >= 0.6 is 0 Å². The summed E-state index contributed by atoms with van der Waals surface area (Å²) < 4.78 is 53.2. The third-order valence-electron chi connectivity index (χ3n) is 6.23. The van der Waals surface area contributed by atoms with E-state index in [2.05, 4.69) is 9.80 Å². The van der Waals surface area contributed by atoms with Crippen molar-refractivity contribution < 1.29 is 17.2 Å². The second kappa shape index (κ2) is 10.3. The van der Waals surface area contributed by atoms with Gasteiger partial charge in [-0.05, 0) is 53.1 Å². The Kier molecular flexibility index (Phi) is 7.42. The summed E-state index contributed by atoms with van der Waals surface area (Å²) in [4.78, 5) is 4.91. The number of sulfonamides is 1. The van der Waals surface area contributed by atoms with E-state index in [4.69, 9.17) is 0 Å². The lowest BCUT2D eigenvalue weighted by Crippen LogP contribution is -2.47. The lowest BCUT2D eigenvalue weighted by molar-refractivity contribution is 0.105. The highest BCUT2D eigenvalue weighted by atomic mass is 32.2. The molecule has 1 aliphatic heterocycles. The Morgan fingerprint density at radius 3 is 1.85 bits per heavy atom. The van der Waals surface area contributed by atoms with Crippen molar-refractivity contribution >= 4 is 10.0 Å². The molecule has 1 saturated heterocycles. The molecular formula is C26H29F2N3O2S. The summed E-state index contributed by atoms with van der Waals surface area (Å²) in [5.41, 5.74) is 2.87. The molecule has 4 rings (SSSR count). The molecule has 5 nitrogen and oxygen atoms in total. The Morgan fingerprint density at radius 2 is 1.35 bits per heavy atom. The normalized spacial score (nSPS) is 15.8. The van der Waals surface area contributed by atoms with Crippen molar-refractivity contribution in [2.75, 3.05) is 40.3 Å². The van der Waals surface area contributed by atoms with E-state index in [1.165, 1.54) is 42.7 Å². The first-order valence-corrected chi connectivity index (χ1v) is 12.7. The van der Waals surface area contributed by atoms with Gasteiger partial charge < -0.3 is 0 Å². The van der Waals surface area contributed by atoms with Gasteiger partial charge in [-0.2, -0.15) is 0 Å². The Morgan fingerprint density at radius 1 is 0.824 bits per heavy atom. The summed E-state index contributed by atoms with van der Waals surface area (Å²) in [6.07, 6.45) is 0. The Labute approximate surface area is 200 Å². The van der Waals surface area contributed by atoms with Crippen LogP contribution in [-0.4, -0.2) is 62.8 Å². The number of benzene rings is 3. The maximum absolute atomic E-state index is 13.5. The molecule has 8 heteroatoms. The third-order valence-corrected chi connectivity index (χ3v) is 8.04. The van der Waals surface area contributed by atoms with Crippen molar-refractivity contribution in [1.29, 1.82) is 0 Å². The minimum absolute atomic E-state index is 0.100. The van der Waals surface area contributed by atoms with Gasteiger partial charge in [0.15, 0.2) is 0 Å². The standard InChI is InChI=1S/C26H29F2N3O2S/c1-29(2)34(32,33)25-5-3-4-20(18-25)19-30-14-16-31(17-15-30)26(21-6-10-23(27)11-7-21)22-8-12-24(28)13-9-22/h3-13,18,26H,14-17,19H2,1-2H3. The molecule has 0 amide bonds. The van der Waals surface area contributed by atoms with Gasteiger partial charge in [0, 0.05) is 46.8 Å². The van der Waals surface area contributed by atoms with E-state index >= 15 is 0 Å². The predicted octanol–water partition coefficient (Wildman–Crippen LogP) is 4.12. The van der Waals surface area contributed by atoms with Crippen LogP contribution in [0.15, 0.2) is 77.7 Å². The fourth-order valence-corrected chi connectivity index (χ4v) is 5.33. The second-order valence-electron chi connectivity index (χ2n) is 8.75. The summed E-state index contributed by atoms with van der Waals surface area (Å²) in [6, 6.07) is 19.9. The Balaban J connectivity index is 1.48. The molecule has 1 heterocycles. The molecule has 0 bridgehead atoms. The molecule has 180 valence electrons. The monoisotopic (exact) mass is 485 g/mol. The first-order chi connectivity index (χ1) is 16.2. The zero-order chi connectivity index (χ0) is 24.3. The molecule has 3 aromatic rings. The summed E-state index contributed by atoms with van der Waals surface area (Å²) in [6.45, 7) is 3.79. The largest absolute Gasteiger partial charge is 0.297 e. The van der Waals surface area contributed by atoms with E-state index in [0.29, 0.717) is 11.4 Å². The van der Waals surface area contributed by atoms with Crippen LogP contribution in [0, 0.1) is 11.6 Å². The van der Waals surface area contributed by atoms with Gasteiger partial charge in [0.2, 0.25) is 10.0 Å². The van der Waals surface area contributed by atoms with Crippen LogP contribution in [0.5, 0.6) is 0 Å². The molecule has 1 aliphatic rings. The summed E-state index contributed by atoms with van der Waals surface area (Å²) in [7, 11) is -0.419. The number of rotatable bonds is 7. The van der Waals surface area contributed by atoms with Crippen LogP contribution < -0.4 is 0 Å². The molecule has 0 aliphatic carbocycles. The predicted molar refractivity (Wildman–Crippen MR) is 129 cm³/mol. The van der Waals surface area contributed by atoms with Crippen molar-refractivity contribution in [1.82, 2.24) is 14.1 Å². The highest BCUT2D eigenvalue weighted by Gasteiger charge is 2.27. The van der Waals surface area contributed by atoms with E-state index in [1.807, 2.05) is 6.07 Å². The summed E-state index contributed by atoms with van der Waals surface area (Å²) in [5.74, 6) is -0.574. The highest BCUT2D eigenvalue weighted by Crippen LogP contribution is 2.30. The lowest BCUT2D eigenvalue weighted by atomic mass is 9.96. The number of piperazine rings is 1. The fourth-order valence-electron chi connectivity index (χ4n) is 4.36. The quantitative estimate of drug-likeness (QED) is 0.505. The lowest BCUT2D eigenvalue weighted by Gasteiger charge is -2.40. The van der Waals surface area contributed by atoms with Gasteiger partial charge in [-0.1, -0.05) is 36.4 Å². The molecule has 0 spiro atoms. The van der Waals surface area contributed by atoms with Gasteiger partial charge in [0.1, 0.15) is 11.6 Å². The molecule has 0 radical (unpaired) electrons. The van der Waals surface area contributed by atoms with Crippen molar-refractivity contribution in [3.8, 4) is 0 Å². The minimum Gasteiger partial charge on any atom is -0.297 e. The topological polar surface area (TPSA) is 43.9 Å². The van der Waals surface area contributed by atoms with Gasteiger partial charge in [-0.25, -0.2) is 21.5 Å². The molecule has 3 aromatic carbocycles. The zero-order valence-electron chi connectivity index (χ0n) is 19.4. The smallest absolute Gasteiger partial charge is 0.242 e. The first-order valence-electron chi connectivity index (χ1n) is 11.2. The molecule has 0 aromatic heterocycles. The van der Waals surface area contributed by atoms with Crippen molar-refractivity contribution in [2.24, 2.45) is 0 Å². The van der Waals surface area contributed by atoms with Crippen LogP contribution in [0.1, 0.15) is 22.7 Å². The van der Waals surface area contributed by atoms with Crippen molar-refractivity contribution in [2.45, 2.75) is 17.5 Å². The zero-order valence-corrected chi connectivity index (χ0v) is 20.2. The van der Waals surface area contributed by atoms with E-state index in [9.17, 15) is 17.2 Å². The molecule has 0 atom stereocenters. The van der Waals surface area contributed by atoms with E-state index in [-0.39, 0.29) is 17.7 Å². The molecule has 0 unspecified atom stereocenters. The van der Waals surface area contributed by atoms with E-state index in [1.54, 1.807) is 42.5 Å². The van der Waals surface area contributed by atoms with Gasteiger partial charge in [0.25, 0.3) is 0 Å². The summed E-state index contributed by atoms with van der Waals surface area (Å²) in [5, 5.41) is 0. The van der Waals surface area contributed by atoms with Gasteiger partial charge in [-0.15, -0.1) is 0 Å². The van der Waals surface area contributed by atoms with Crippen LogP contribution in [0.25, 0.3) is 0 Å². The van der Waals surface area contributed by atoms with Crippen LogP contribution in [0.2, 0.25) is 0 Å². The van der Waals surface area contributed by atoms with Crippen LogP contribution in [0.3, 0.4) is 0 Å². The molecule has 0 saturated carbocycles. The highest BCUT2D eigenvalue weighted by molar-refractivity contribution is 7.89. The Hall–Kier alpha value is -2.65. The minimum atomic E-state index is -3.47. The number of hydrogen-bond donors (Lipinski definition) is 0. The maximum atomic E-state index is 13.5. The average Bonchev–Trinajstić information content (AvgIpc) is 2.83. The van der Waals surface area contributed by atoms with E-state index < -0.39 is 10.0 Å². The van der Waals surface area contributed by atoms with Gasteiger partial charge in [0.05, 0.1) is 10.9 Å². The van der Waals surface area contributed by atoms with Crippen LogP contribution in [-0.2, 0) is 16.6 Å². The molecule has 1 fully saturated rings. The van der Waals surface area contributed by atoms with Gasteiger partial charge in [-0.3, -0.25) is 9.80 Å². The maximum Gasteiger partial charge on any atom is 0.242 e. The summed E-state index contributed by atoms with van der Waals surface area (Å²) >= 11 is 0. The average molecular weight is 486 g/mol. The SMILES string of the molecule is CN(C)S(=O)(=O)c1cccc(CN2CCN(C(c3ccc(F)cc3)c3ccc(F)cc3)CC2)c1. The number of hydrogen-bond acceptors (Lipinski definition) is 4. The first kappa shape index (κ1) is 24.5. The number of halogens is 2. The molecule has 0 N–H and O–H groups in total. The second-order valence-corrected chi connectivity index (χ2v) is 10.9. The van der Waals surface area contributed by atoms with Crippen molar-refractivity contribution in [3.05, 3.63) is 101 Å².